The van der Waals surface area contributed by atoms with E-state index < -0.39 is 0 Å². The van der Waals surface area contributed by atoms with E-state index in [1.165, 1.54) is 19.1 Å². The van der Waals surface area contributed by atoms with E-state index in [0.29, 0.717) is 5.92 Å². The van der Waals surface area contributed by atoms with Crippen LogP contribution < -0.4 is 5.32 Å². The molecule has 0 aromatic heterocycles. The van der Waals surface area contributed by atoms with Crippen LogP contribution in [0.2, 0.25) is 0 Å². The van der Waals surface area contributed by atoms with Gasteiger partial charge in [-0.15, -0.1) is 0 Å². The summed E-state index contributed by atoms with van der Waals surface area (Å²) in [6.45, 7) is 3.04. The van der Waals surface area contributed by atoms with Crippen LogP contribution in [0, 0.1) is 11.3 Å². The van der Waals surface area contributed by atoms with Crippen LogP contribution in [0.4, 0.5) is 0 Å². The summed E-state index contributed by atoms with van der Waals surface area (Å²) in [6.07, 6.45) is 4.17. The number of hydrogen-bond acceptors (Lipinski definition) is 2. The first-order valence-electron chi connectivity index (χ1n) is 3.57. The molecule has 2 nitrogen and oxygen atoms in total. The fourth-order valence-corrected chi connectivity index (χ4v) is 0.699. The van der Waals surface area contributed by atoms with E-state index in [4.69, 9.17) is 5.41 Å². The molecule has 52 valence electrons. The first-order chi connectivity index (χ1) is 4.33. The van der Waals surface area contributed by atoms with Crippen LogP contribution >= 0.6 is 0 Å². The molecule has 0 aromatic rings. The Morgan fingerprint density at radius 3 is 2.89 bits per heavy atom. The standard InChI is InChI=1S/C7H14N2/c1-6(4-8)5-9-7-2-3-7/h4,6-9H,2-3,5H2,1H3. The highest BCUT2D eigenvalue weighted by Crippen LogP contribution is 2.18. The van der Waals surface area contributed by atoms with E-state index in [-0.39, 0.29) is 0 Å². The summed E-state index contributed by atoms with van der Waals surface area (Å²) in [5.74, 6) is 0.408. The molecule has 0 bridgehead atoms. The lowest BCUT2D eigenvalue weighted by Gasteiger charge is -2.04. The molecule has 1 atom stereocenters. The van der Waals surface area contributed by atoms with Crippen LogP contribution in [0.3, 0.4) is 0 Å². The van der Waals surface area contributed by atoms with Crippen LogP contribution in [0.15, 0.2) is 0 Å². The van der Waals surface area contributed by atoms with Gasteiger partial charge in [0.15, 0.2) is 0 Å². The molecule has 0 saturated heterocycles. The van der Waals surface area contributed by atoms with Gasteiger partial charge < -0.3 is 10.7 Å². The lowest BCUT2D eigenvalue weighted by molar-refractivity contribution is 0.617. The molecule has 2 N–H and O–H groups in total. The van der Waals surface area contributed by atoms with Crippen LogP contribution in [-0.4, -0.2) is 18.8 Å². The third-order valence-electron chi connectivity index (χ3n) is 1.59. The van der Waals surface area contributed by atoms with E-state index >= 15 is 0 Å². The highest BCUT2D eigenvalue weighted by atomic mass is 14.9. The fourth-order valence-electron chi connectivity index (χ4n) is 0.699. The molecular formula is C7H14N2. The minimum absolute atomic E-state index is 0.408. The molecule has 9 heavy (non-hydrogen) atoms. The lowest BCUT2D eigenvalue weighted by atomic mass is 10.2. The molecule has 0 radical (unpaired) electrons. The van der Waals surface area contributed by atoms with Gasteiger partial charge in [-0.1, -0.05) is 6.92 Å². The van der Waals surface area contributed by atoms with Crippen molar-refractivity contribution in [2.24, 2.45) is 5.92 Å². The second kappa shape index (κ2) is 2.97. The minimum atomic E-state index is 0.408. The SMILES string of the molecule is CC(C=N)CNC1CC1. The quantitative estimate of drug-likeness (QED) is 0.542. The smallest absolute Gasteiger partial charge is 0.00684 e. The van der Waals surface area contributed by atoms with Gasteiger partial charge in [0.2, 0.25) is 0 Å². The average Bonchev–Trinajstić information content (AvgIpc) is 2.65. The number of nitrogens with one attached hydrogen (secondary N) is 2. The summed E-state index contributed by atoms with van der Waals surface area (Å²) in [4.78, 5) is 0. The van der Waals surface area contributed by atoms with Crippen LogP contribution in [0.25, 0.3) is 0 Å². The molecule has 1 fully saturated rings. The maximum Gasteiger partial charge on any atom is 0.00684 e. The normalized spacial score (nSPS) is 21.4. The van der Waals surface area contributed by atoms with Crippen LogP contribution in [0.1, 0.15) is 19.8 Å². The largest absolute Gasteiger partial charge is 0.313 e. The van der Waals surface area contributed by atoms with E-state index in [1.54, 1.807) is 0 Å². The summed E-state index contributed by atoms with van der Waals surface area (Å²) in [7, 11) is 0. The molecule has 1 saturated carbocycles. The van der Waals surface area contributed by atoms with Gasteiger partial charge in [0.05, 0.1) is 0 Å². The molecule has 1 rings (SSSR count). The summed E-state index contributed by atoms with van der Waals surface area (Å²) < 4.78 is 0. The van der Waals surface area contributed by atoms with Gasteiger partial charge in [0.1, 0.15) is 0 Å². The topological polar surface area (TPSA) is 35.9 Å². The zero-order valence-corrected chi connectivity index (χ0v) is 5.85. The fraction of sp³-hybridized carbons (Fsp3) is 0.857. The third kappa shape index (κ3) is 2.61. The van der Waals surface area contributed by atoms with Crippen molar-refractivity contribution in [1.29, 1.82) is 5.41 Å². The molecule has 1 aliphatic carbocycles. The van der Waals surface area contributed by atoms with Gasteiger partial charge in [-0.05, 0) is 19.1 Å². The van der Waals surface area contributed by atoms with Crippen LogP contribution in [-0.2, 0) is 0 Å². The van der Waals surface area contributed by atoms with Gasteiger partial charge >= 0.3 is 0 Å². The van der Waals surface area contributed by atoms with Gasteiger partial charge in [-0.25, -0.2) is 0 Å². The van der Waals surface area contributed by atoms with Crippen molar-refractivity contribution in [1.82, 2.24) is 5.32 Å². The lowest BCUT2D eigenvalue weighted by Crippen LogP contribution is -2.23. The molecule has 2 heteroatoms. The Hall–Kier alpha value is -0.370. The average molecular weight is 126 g/mol. The molecule has 1 unspecified atom stereocenters. The monoisotopic (exact) mass is 126 g/mol. The van der Waals surface area contributed by atoms with Crippen molar-refractivity contribution < 1.29 is 0 Å². The van der Waals surface area contributed by atoms with Crippen molar-refractivity contribution in [3.05, 3.63) is 0 Å². The predicted molar refractivity (Wildman–Crippen MR) is 39.0 cm³/mol. The van der Waals surface area contributed by atoms with Crippen LogP contribution in [0.5, 0.6) is 0 Å². The Kier molecular flexibility index (Phi) is 2.22. The second-order valence-corrected chi connectivity index (χ2v) is 2.83. The highest BCUT2D eigenvalue weighted by Gasteiger charge is 2.20. The second-order valence-electron chi connectivity index (χ2n) is 2.83. The molecule has 1 aliphatic rings. The maximum absolute atomic E-state index is 6.91. The first-order valence-corrected chi connectivity index (χ1v) is 3.57. The molecule has 0 aliphatic heterocycles. The molecule has 0 aromatic carbocycles. The molecular weight excluding hydrogens is 112 g/mol. The summed E-state index contributed by atoms with van der Waals surface area (Å²) in [5, 5.41) is 10.3. The van der Waals surface area contributed by atoms with Crippen molar-refractivity contribution >= 4 is 6.21 Å². The Bertz CT molecular complexity index is 97.1. The number of rotatable bonds is 4. The van der Waals surface area contributed by atoms with E-state index in [2.05, 4.69) is 12.2 Å². The van der Waals surface area contributed by atoms with Crippen molar-refractivity contribution in [3.8, 4) is 0 Å². The maximum atomic E-state index is 6.91. The van der Waals surface area contributed by atoms with Crippen molar-refractivity contribution in [3.63, 3.8) is 0 Å². The van der Waals surface area contributed by atoms with Gasteiger partial charge in [0, 0.05) is 18.5 Å². The summed E-state index contributed by atoms with van der Waals surface area (Å²) in [5.41, 5.74) is 0. The Morgan fingerprint density at radius 2 is 2.44 bits per heavy atom. The summed E-state index contributed by atoms with van der Waals surface area (Å²) in [6, 6.07) is 0.785. The Morgan fingerprint density at radius 1 is 1.78 bits per heavy atom. The van der Waals surface area contributed by atoms with Crippen molar-refractivity contribution in [2.75, 3.05) is 6.54 Å². The van der Waals surface area contributed by atoms with Crippen molar-refractivity contribution in [2.45, 2.75) is 25.8 Å². The zero-order valence-electron chi connectivity index (χ0n) is 5.85. The summed E-state index contributed by atoms with van der Waals surface area (Å²) >= 11 is 0. The van der Waals surface area contributed by atoms with Gasteiger partial charge in [0.25, 0.3) is 0 Å². The molecule has 0 spiro atoms. The Balaban J connectivity index is 1.95. The van der Waals surface area contributed by atoms with E-state index in [0.717, 1.165) is 12.6 Å². The van der Waals surface area contributed by atoms with Gasteiger partial charge in [-0.3, -0.25) is 0 Å². The Labute approximate surface area is 56.2 Å². The highest BCUT2D eigenvalue weighted by molar-refractivity contribution is 5.56. The molecule has 0 amide bonds. The van der Waals surface area contributed by atoms with Gasteiger partial charge in [-0.2, -0.15) is 0 Å². The predicted octanol–water partition coefficient (Wildman–Crippen LogP) is 1.02. The first kappa shape index (κ1) is 6.75. The zero-order chi connectivity index (χ0) is 6.69. The van der Waals surface area contributed by atoms with E-state index in [1.807, 2.05) is 0 Å². The molecule has 0 heterocycles. The van der Waals surface area contributed by atoms with E-state index in [9.17, 15) is 0 Å². The number of hydrogen-bond donors (Lipinski definition) is 2. The third-order valence-corrected chi connectivity index (χ3v) is 1.59. The minimum Gasteiger partial charge on any atom is -0.313 e.